The van der Waals surface area contributed by atoms with Crippen LogP contribution in [-0.2, 0) is 11.3 Å². The van der Waals surface area contributed by atoms with Crippen molar-refractivity contribution in [1.29, 1.82) is 0 Å². The molecule has 1 aliphatic rings. The third-order valence-corrected chi connectivity index (χ3v) is 3.27. The van der Waals surface area contributed by atoms with Gasteiger partial charge in [-0.15, -0.1) is 0 Å². The molecule has 7 heteroatoms. The van der Waals surface area contributed by atoms with Crippen LogP contribution in [0, 0.1) is 0 Å². The average Bonchev–Trinajstić information content (AvgIpc) is 2.37. The molecule has 2 rings (SSSR count). The summed E-state index contributed by atoms with van der Waals surface area (Å²) in [6.45, 7) is -0.252. The highest BCUT2D eigenvalue weighted by Gasteiger charge is 2.24. The van der Waals surface area contributed by atoms with Gasteiger partial charge >= 0.3 is 0 Å². The summed E-state index contributed by atoms with van der Waals surface area (Å²) in [7, 11) is 0. The topological polar surface area (TPSA) is 104 Å². The minimum absolute atomic E-state index is 0.252. The number of rotatable bonds is 3. The van der Waals surface area contributed by atoms with Crippen LogP contribution in [0.5, 0.6) is 0 Å². The second-order valence-electron chi connectivity index (χ2n) is 4.76. The van der Waals surface area contributed by atoms with Crippen molar-refractivity contribution in [3.05, 3.63) is 32.8 Å². The third kappa shape index (κ3) is 3.54. The summed E-state index contributed by atoms with van der Waals surface area (Å²) in [5.41, 5.74) is -0.885. The fourth-order valence-electron chi connectivity index (χ4n) is 2.26. The first kappa shape index (κ1) is 13.5. The maximum atomic E-state index is 11.8. The number of amides is 1. The molecule has 0 bridgehead atoms. The minimum atomic E-state index is -0.538. The van der Waals surface area contributed by atoms with Gasteiger partial charge in [0.2, 0.25) is 5.91 Å². The summed E-state index contributed by atoms with van der Waals surface area (Å²) in [5, 5.41) is 14.7. The Hall–Kier alpha value is -1.89. The van der Waals surface area contributed by atoms with Crippen LogP contribution >= 0.6 is 0 Å². The number of aromatic nitrogens is 2. The second-order valence-corrected chi connectivity index (χ2v) is 4.76. The molecule has 0 aromatic carbocycles. The molecule has 1 fully saturated rings. The summed E-state index contributed by atoms with van der Waals surface area (Å²) in [4.78, 5) is 34.3. The van der Waals surface area contributed by atoms with Gasteiger partial charge < -0.3 is 10.4 Å². The lowest BCUT2D eigenvalue weighted by atomic mass is 9.92. The molecule has 0 aliphatic heterocycles. The van der Waals surface area contributed by atoms with Gasteiger partial charge in [-0.25, -0.2) is 4.68 Å². The van der Waals surface area contributed by atoms with Crippen molar-refractivity contribution in [3.8, 4) is 0 Å². The van der Waals surface area contributed by atoms with Crippen molar-refractivity contribution < 1.29 is 9.90 Å². The standard InChI is InChI=1S/C12H17N3O4/c16-9-4-2-1-3-8(9)13-11(18)7-15-12(19)6-5-10(17)14-15/h5-6,8-9,16H,1-4,7H2,(H,13,18)(H,14,17). The molecule has 1 saturated carbocycles. The molecule has 1 aromatic heterocycles. The number of nitrogens with zero attached hydrogens (tertiary/aromatic N) is 1. The predicted molar refractivity (Wildman–Crippen MR) is 67.7 cm³/mol. The Labute approximate surface area is 109 Å². The Morgan fingerprint density at radius 1 is 1.37 bits per heavy atom. The van der Waals surface area contributed by atoms with Crippen LogP contribution in [0.2, 0.25) is 0 Å². The molecular weight excluding hydrogens is 250 g/mol. The van der Waals surface area contributed by atoms with Crippen LogP contribution in [0.25, 0.3) is 0 Å². The molecule has 104 valence electrons. The van der Waals surface area contributed by atoms with Gasteiger partial charge in [0, 0.05) is 12.1 Å². The van der Waals surface area contributed by atoms with E-state index in [0.29, 0.717) is 6.42 Å². The number of hydrogen-bond donors (Lipinski definition) is 3. The molecule has 2 unspecified atom stereocenters. The average molecular weight is 267 g/mol. The van der Waals surface area contributed by atoms with Gasteiger partial charge in [-0.2, -0.15) is 0 Å². The normalized spacial score (nSPS) is 23.0. The first-order valence-corrected chi connectivity index (χ1v) is 6.34. The highest BCUT2D eigenvalue weighted by Crippen LogP contribution is 2.18. The number of carbonyl (C=O) groups is 1. The van der Waals surface area contributed by atoms with Crippen molar-refractivity contribution in [3.63, 3.8) is 0 Å². The Balaban J connectivity index is 1.99. The van der Waals surface area contributed by atoms with E-state index >= 15 is 0 Å². The van der Waals surface area contributed by atoms with E-state index in [4.69, 9.17) is 0 Å². The molecule has 1 amide bonds. The van der Waals surface area contributed by atoms with Gasteiger partial charge in [0.05, 0.1) is 12.1 Å². The summed E-state index contributed by atoms with van der Waals surface area (Å²) in [6, 6.07) is 1.95. The first-order valence-electron chi connectivity index (χ1n) is 6.34. The lowest BCUT2D eigenvalue weighted by molar-refractivity contribution is -0.123. The zero-order valence-electron chi connectivity index (χ0n) is 10.5. The lowest BCUT2D eigenvalue weighted by Gasteiger charge is -2.28. The largest absolute Gasteiger partial charge is 0.391 e. The van der Waals surface area contributed by atoms with E-state index in [-0.39, 0.29) is 12.6 Å². The van der Waals surface area contributed by atoms with Crippen molar-refractivity contribution >= 4 is 5.91 Å². The molecule has 1 aliphatic carbocycles. The number of H-pyrrole nitrogens is 1. The predicted octanol–water partition coefficient (Wildman–Crippen LogP) is -1.04. The summed E-state index contributed by atoms with van der Waals surface area (Å²) in [5.74, 6) is -0.394. The molecule has 1 heterocycles. The quantitative estimate of drug-likeness (QED) is 0.650. The van der Waals surface area contributed by atoms with Crippen LogP contribution in [0.4, 0.5) is 0 Å². The smallest absolute Gasteiger partial charge is 0.265 e. The lowest BCUT2D eigenvalue weighted by Crippen LogP contribution is -2.47. The zero-order valence-corrected chi connectivity index (χ0v) is 10.5. The van der Waals surface area contributed by atoms with Gasteiger partial charge in [0.1, 0.15) is 6.54 Å². The molecule has 0 saturated heterocycles. The second kappa shape index (κ2) is 5.83. The highest BCUT2D eigenvalue weighted by molar-refractivity contribution is 5.76. The fourth-order valence-corrected chi connectivity index (χ4v) is 2.26. The van der Waals surface area contributed by atoms with Crippen molar-refractivity contribution in [2.24, 2.45) is 0 Å². The summed E-state index contributed by atoms with van der Waals surface area (Å²) < 4.78 is 0.951. The zero-order chi connectivity index (χ0) is 13.8. The number of aromatic amines is 1. The highest BCUT2D eigenvalue weighted by atomic mass is 16.3. The SMILES string of the molecule is O=C(Cn1[nH]c(=O)ccc1=O)NC1CCCCC1O. The van der Waals surface area contributed by atoms with Crippen LogP contribution in [-0.4, -0.2) is 32.9 Å². The maximum Gasteiger partial charge on any atom is 0.265 e. The number of carbonyl (C=O) groups excluding carboxylic acids is 1. The molecule has 7 nitrogen and oxygen atoms in total. The Bertz CT molecular complexity index is 563. The third-order valence-electron chi connectivity index (χ3n) is 3.27. The monoisotopic (exact) mass is 267 g/mol. The van der Waals surface area contributed by atoms with E-state index < -0.39 is 23.1 Å². The van der Waals surface area contributed by atoms with E-state index in [1.807, 2.05) is 0 Å². The van der Waals surface area contributed by atoms with Crippen molar-refractivity contribution in [1.82, 2.24) is 15.1 Å². The van der Waals surface area contributed by atoms with Crippen LogP contribution in [0.3, 0.4) is 0 Å². The minimum Gasteiger partial charge on any atom is -0.391 e. The summed E-state index contributed by atoms with van der Waals surface area (Å²) in [6.07, 6.45) is 2.78. The van der Waals surface area contributed by atoms with Gasteiger partial charge in [-0.05, 0) is 12.8 Å². The summed E-state index contributed by atoms with van der Waals surface area (Å²) >= 11 is 0. The van der Waals surface area contributed by atoms with Crippen molar-refractivity contribution in [2.75, 3.05) is 0 Å². The van der Waals surface area contributed by atoms with Gasteiger partial charge in [0.15, 0.2) is 0 Å². The molecule has 0 radical (unpaired) electrons. The number of aliphatic hydroxyl groups is 1. The van der Waals surface area contributed by atoms with Gasteiger partial charge in [-0.3, -0.25) is 19.5 Å². The van der Waals surface area contributed by atoms with Crippen LogP contribution in [0.1, 0.15) is 25.7 Å². The van der Waals surface area contributed by atoms with Crippen molar-refractivity contribution in [2.45, 2.75) is 44.4 Å². The number of nitrogens with one attached hydrogen (secondary N) is 2. The molecule has 0 spiro atoms. The molecule has 19 heavy (non-hydrogen) atoms. The Morgan fingerprint density at radius 2 is 2.11 bits per heavy atom. The van der Waals surface area contributed by atoms with E-state index in [1.165, 1.54) is 0 Å². The van der Waals surface area contributed by atoms with Gasteiger partial charge in [0.25, 0.3) is 11.1 Å². The first-order chi connectivity index (χ1) is 9.06. The van der Waals surface area contributed by atoms with E-state index in [1.54, 1.807) is 0 Å². The maximum absolute atomic E-state index is 11.8. The van der Waals surface area contributed by atoms with E-state index in [0.717, 1.165) is 36.1 Å². The Kier molecular flexibility index (Phi) is 4.16. The molecule has 3 N–H and O–H groups in total. The number of hydrogen-bond acceptors (Lipinski definition) is 4. The van der Waals surface area contributed by atoms with Gasteiger partial charge in [-0.1, -0.05) is 12.8 Å². The van der Waals surface area contributed by atoms with E-state index in [2.05, 4.69) is 10.4 Å². The van der Waals surface area contributed by atoms with Crippen LogP contribution in [0.15, 0.2) is 21.7 Å². The molecule has 2 atom stereocenters. The fraction of sp³-hybridized carbons (Fsp3) is 0.583. The molecule has 1 aromatic rings. The Morgan fingerprint density at radius 3 is 2.84 bits per heavy atom. The van der Waals surface area contributed by atoms with E-state index in [9.17, 15) is 19.5 Å². The molecular formula is C12H17N3O4. The number of aliphatic hydroxyl groups excluding tert-OH is 1. The van der Waals surface area contributed by atoms with Crippen LogP contribution < -0.4 is 16.4 Å².